The summed E-state index contributed by atoms with van der Waals surface area (Å²) in [6.07, 6.45) is 10.0. The zero-order chi connectivity index (χ0) is 7.54. The van der Waals surface area contributed by atoms with Crippen molar-refractivity contribution in [1.82, 2.24) is 0 Å². The first kappa shape index (κ1) is 22.6. The molecule has 0 unspecified atom stereocenters. The fraction of sp³-hybridized carbons (Fsp3) is 0.429. The molecule has 0 heterocycles. The summed E-state index contributed by atoms with van der Waals surface area (Å²) >= 11 is 0. The Morgan fingerprint density at radius 2 is 1.64 bits per heavy atom. The van der Waals surface area contributed by atoms with Gasteiger partial charge in [-0.1, -0.05) is 0 Å². The minimum atomic E-state index is 0. The largest absolute Gasteiger partial charge is 2.00 e. The van der Waals surface area contributed by atoms with E-state index in [0.29, 0.717) is 0 Å². The van der Waals surface area contributed by atoms with E-state index >= 15 is 0 Å². The molecule has 0 radical (unpaired) electrons. The van der Waals surface area contributed by atoms with Gasteiger partial charge in [0, 0.05) is 14.2 Å². The molecule has 0 aliphatic heterocycles. The van der Waals surface area contributed by atoms with Crippen molar-refractivity contribution in [2.45, 2.75) is 6.42 Å². The van der Waals surface area contributed by atoms with Crippen LogP contribution in [0.25, 0.3) is 0 Å². The summed E-state index contributed by atoms with van der Waals surface area (Å²) in [4.78, 5) is 0. The third kappa shape index (κ3) is 25.0. The molecule has 2 N–H and O–H groups in total. The van der Waals surface area contributed by atoms with Gasteiger partial charge in [-0.25, -0.2) is 12.2 Å². The summed E-state index contributed by atoms with van der Waals surface area (Å²) in [5, 5.41) is 14.0. The second-order valence-corrected chi connectivity index (χ2v) is 1.00. The summed E-state index contributed by atoms with van der Waals surface area (Å²) in [6, 6.07) is 0. The molecule has 0 bridgehead atoms. The van der Waals surface area contributed by atoms with Gasteiger partial charge >= 0.3 is 26.2 Å². The van der Waals surface area contributed by atoms with Crippen molar-refractivity contribution in [3.05, 3.63) is 24.3 Å². The topological polar surface area (TPSA) is 40.5 Å². The molecule has 0 aromatic heterocycles. The summed E-state index contributed by atoms with van der Waals surface area (Å²) in [6.45, 7) is 0. The smallest absolute Gasteiger partial charge is 1.00 e. The zero-order valence-corrected chi connectivity index (χ0v) is 9.93. The monoisotopic (exact) mass is 254 g/mol. The van der Waals surface area contributed by atoms with Crippen LogP contribution in [0.3, 0.4) is 0 Å². The van der Waals surface area contributed by atoms with Crippen LogP contribution in [0, 0.1) is 6.08 Å². The predicted molar refractivity (Wildman–Crippen MR) is 37.9 cm³/mol. The van der Waals surface area contributed by atoms with Gasteiger partial charge in [0.1, 0.15) is 0 Å². The quantitative estimate of drug-likeness (QED) is 0.471. The minimum Gasteiger partial charge on any atom is -1.00 e. The molecule has 2 nitrogen and oxygen atoms in total. The Labute approximate surface area is 93.5 Å². The molecular formula is C7H13ClO2Zr. The van der Waals surface area contributed by atoms with E-state index in [9.17, 15) is 0 Å². The van der Waals surface area contributed by atoms with Gasteiger partial charge in [-0.05, 0) is 0 Å². The first-order valence-corrected chi connectivity index (χ1v) is 2.61. The van der Waals surface area contributed by atoms with Crippen LogP contribution in [-0.2, 0) is 26.2 Å². The Morgan fingerprint density at radius 3 is 1.73 bits per heavy atom. The van der Waals surface area contributed by atoms with Crippen LogP contribution in [0.5, 0.6) is 0 Å². The number of allylic oxidation sites excluding steroid dienone is 4. The predicted octanol–water partition coefficient (Wildman–Crippen LogP) is -2.48. The summed E-state index contributed by atoms with van der Waals surface area (Å²) in [7, 11) is 2.00. The molecule has 11 heavy (non-hydrogen) atoms. The standard InChI is InChI=1S/C5H5.2CH4O.ClH.Zr/c1-2-4-5-3-1;2*1-2;;/h1-3H,4H2;2*2H,1H3;1H;/q-1;;;;+2/p-1. The molecule has 1 aliphatic rings. The number of aliphatic hydroxyl groups is 2. The van der Waals surface area contributed by atoms with E-state index in [-0.39, 0.29) is 38.6 Å². The number of hydrogen-bond acceptors (Lipinski definition) is 2. The molecule has 0 spiro atoms. The van der Waals surface area contributed by atoms with Gasteiger partial charge in [-0.3, -0.25) is 6.08 Å². The summed E-state index contributed by atoms with van der Waals surface area (Å²) < 4.78 is 0. The number of hydrogen-bond donors (Lipinski definition) is 2. The Hall–Kier alpha value is 0.573. The Morgan fingerprint density at radius 1 is 1.18 bits per heavy atom. The maximum Gasteiger partial charge on any atom is 2.00 e. The second-order valence-electron chi connectivity index (χ2n) is 1.00. The summed E-state index contributed by atoms with van der Waals surface area (Å²) in [5.41, 5.74) is 0. The SMILES string of the molecule is CO.CO.[C-]1=CC=CC1.[Cl-].[Zr+2]. The average molecular weight is 256 g/mol. The van der Waals surface area contributed by atoms with Crippen LogP contribution in [0.4, 0.5) is 0 Å². The van der Waals surface area contributed by atoms with E-state index in [1.54, 1.807) is 0 Å². The molecule has 0 saturated carbocycles. The first-order chi connectivity index (χ1) is 4.50. The number of rotatable bonds is 0. The van der Waals surface area contributed by atoms with Crippen LogP contribution in [0.15, 0.2) is 18.2 Å². The van der Waals surface area contributed by atoms with Gasteiger partial charge in [0.15, 0.2) is 0 Å². The fourth-order valence-corrected chi connectivity index (χ4v) is 0.340. The average Bonchev–Trinajstić information content (AvgIpc) is 2.51. The molecule has 0 amide bonds. The van der Waals surface area contributed by atoms with Crippen LogP contribution < -0.4 is 12.4 Å². The summed E-state index contributed by atoms with van der Waals surface area (Å²) in [5.74, 6) is 0. The minimum absolute atomic E-state index is 0. The molecule has 1 aliphatic carbocycles. The van der Waals surface area contributed by atoms with E-state index in [2.05, 4.69) is 12.2 Å². The van der Waals surface area contributed by atoms with Crippen LogP contribution >= 0.6 is 0 Å². The fourth-order valence-electron chi connectivity index (χ4n) is 0.340. The van der Waals surface area contributed by atoms with E-state index in [4.69, 9.17) is 10.2 Å². The van der Waals surface area contributed by atoms with Crippen molar-refractivity contribution < 1.29 is 48.8 Å². The van der Waals surface area contributed by atoms with Gasteiger partial charge in [0.2, 0.25) is 0 Å². The van der Waals surface area contributed by atoms with Gasteiger partial charge in [-0.15, -0.1) is 6.42 Å². The van der Waals surface area contributed by atoms with Gasteiger partial charge < -0.3 is 22.6 Å². The van der Waals surface area contributed by atoms with E-state index in [1.165, 1.54) is 0 Å². The first-order valence-electron chi connectivity index (χ1n) is 2.61. The molecule has 0 aromatic carbocycles. The molecular weight excluding hydrogens is 243 g/mol. The van der Waals surface area contributed by atoms with Crippen LogP contribution in [0.2, 0.25) is 0 Å². The Bertz CT molecular complexity index is 74.5. The molecule has 0 atom stereocenters. The van der Waals surface area contributed by atoms with Crippen molar-refractivity contribution >= 4 is 0 Å². The molecule has 1 rings (SSSR count). The Kier molecular flexibility index (Phi) is 64.0. The van der Waals surface area contributed by atoms with Gasteiger partial charge in [-0.2, -0.15) is 6.08 Å². The van der Waals surface area contributed by atoms with E-state index in [1.807, 2.05) is 12.2 Å². The van der Waals surface area contributed by atoms with Crippen molar-refractivity contribution in [1.29, 1.82) is 0 Å². The van der Waals surface area contributed by atoms with E-state index < -0.39 is 0 Å². The molecule has 4 heteroatoms. The van der Waals surface area contributed by atoms with E-state index in [0.717, 1.165) is 20.6 Å². The van der Waals surface area contributed by atoms with Crippen molar-refractivity contribution in [3.8, 4) is 0 Å². The molecule has 0 fully saturated rings. The maximum atomic E-state index is 7.00. The number of aliphatic hydroxyl groups excluding tert-OH is 2. The Balaban J connectivity index is -0.0000000369. The third-order valence-corrected chi connectivity index (χ3v) is 0.586. The van der Waals surface area contributed by atoms with Crippen molar-refractivity contribution in [2.24, 2.45) is 0 Å². The van der Waals surface area contributed by atoms with Crippen LogP contribution in [-0.4, -0.2) is 24.4 Å². The molecule has 0 saturated heterocycles. The van der Waals surface area contributed by atoms with Crippen molar-refractivity contribution in [3.63, 3.8) is 0 Å². The molecule has 0 aromatic rings. The zero-order valence-electron chi connectivity index (χ0n) is 6.71. The number of halogens is 1. The maximum absolute atomic E-state index is 7.00. The van der Waals surface area contributed by atoms with Gasteiger partial charge in [0.05, 0.1) is 0 Å². The third-order valence-electron chi connectivity index (χ3n) is 0.586. The van der Waals surface area contributed by atoms with Crippen LogP contribution in [0.1, 0.15) is 6.42 Å². The van der Waals surface area contributed by atoms with Crippen molar-refractivity contribution in [2.75, 3.05) is 14.2 Å². The normalized spacial score (nSPS) is 9.09. The molecule has 64 valence electrons. The second kappa shape index (κ2) is 31.2. The van der Waals surface area contributed by atoms with Gasteiger partial charge in [0.25, 0.3) is 0 Å².